The first-order valence-corrected chi connectivity index (χ1v) is 8.56. The van der Waals surface area contributed by atoms with Gasteiger partial charge in [-0.3, -0.25) is 14.5 Å². The molecular weight excluding hydrogens is 314 g/mol. The van der Waals surface area contributed by atoms with Crippen molar-refractivity contribution in [3.05, 3.63) is 65.2 Å². The fourth-order valence-electron chi connectivity index (χ4n) is 2.91. The number of nitrogens with zero attached hydrogens (tertiary/aromatic N) is 1. The molecule has 0 aliphatic carbocycles. The van der Waals surface area contributed by atoms with Crippen LogP contribution in [0.1, 0.15) is 53.5 Å². The van der Waals surface area contributed by atoms with Crippen LogP contribution in [-0.2, 0) is 5.41 Å². The van der Waals surface area contributed by atoms with Crippen molar-refractivity contribution in [2.75, 3.05) is 13.2 Å². The molecule has 4 heteroatoms. The topological polar surface area (TPSA) is 46.6 Å². The average Bonchev–Trinajstić information content (AvgIpc) is 2.83. The van der Waals surface area contributed by atoms with E-state index in [0.29, 0.717) is 30.7 Å². The Bertz CT molecular complexity index is 753. The van der Waals surface area contributed by atoms with Gasteiger partial charge in [0, 0.05) is 6.54 Å². The highest BCUT2D eigenvalue weighted by Gasteiger charge is 2.34. The average molecular weight is 337 g/mol. The second kappa shape index (κ2) is 6.71. The normalized spacial score (nSPS) is 14.0. The van der Waals surface area contributed by atoms with Crippen LogP contribution in [0.5, 0.6) is 5.75 Å². The SMILES string of the molecule is CC(C)(C)c1ccc(OCCCN2C(=O)c3ccccc3C2=O)cc1. The molecule has 0 radical (unpaired) electrons. The lowest BCUT2D eigenvalue weighted by Crippen LogP contribution is -2.31. The van der Waals surface area contributed by atoms with Crippen molar-refractivity contribution >= 4 is 11.8 Å². The van der Waals surface area contributed by atoms with E-state index in [9.17, 15) is 9.59 Å². The van der Waals surface area contributed by atoms with Crippen molar-refractivity contribution < 1.29 is 14.3 Å². The lowest BCUT2D eigenvalue weighted by molar-refractivity contribution is 0.0647. The first-order valence-electron chi connectivity index (χ1n) is 8.56. The molecule has 130 valence electrons. The van der Waals surface area contributed by atoms with Gasteiger partial charge in [0.2, 0.25) is 0 Å². The van der Waals surface area contributed by atoms with E-state index in [4.69, 9.17) is 4.74 Å². The molecule has 0 saturated heterocycles. The summed E-state index contributed by atoms with van der Waals surface area (Å²) in [6.07, 6.45) is 0.604. The van der Waals surface area contributed by atoms with Gasteiger partial charge in [-0.25, -0.2) is 0 Å². The summed E-state index contributed by atoms with van der Waals surface area (Å²) in [6, 6.07) is 15.0. The van der Waals surface area contributed by atoms with Crippen LogP contribution in [0, 0.1) is 0 Å². The van der Waals surface area contributed by atoms with Crippen LogP contribution in [0.15, 0.2) is 48.5 Å². The number of benzene rings is 2. The van der Waals surface area contributed by atoms with Crippen LogP contribution in [-0.4, -0.2) is 29.9 Å². The molecule has 1 aliphatic rings. The van der Waals surface area contributed by atoms with E-state index in [1.165, 1.54) is 10.5 Å². The number of hydrogen-bond acceptors (Lipinski definition) is 3. The molecule has 2 aromatic rings. The largest absolute Gasteiger partial charge is 0.494 e. The zero-order valence-corrected chi connectivity index (χ0v) is 14.9. The summed E-state index contributed by atoms with van der Waals surface area (Å²) >= 11 is 0. The molecular formula is C21H23NO3. The monoisotopic (exact) mass is 337 g/mol. The van der Waals surface area contributed by atoms with Crippen LogP contribution in [0.3, 0.4) is 0 Å². The zero-order valence-electron chi connectivity index (χ0n) is 14.9. The summed E-state index contributed by atoms with van der Waals surface area (Å²) in [5.74, 6) is 0.376. The number of carbonyl (C=O) groups is 2. The summed E-state index contributed by atoms with van der Waals surface area (Å²) in [7, 11) is 0. The molecule has 4 nitrogen and oxygen atoms in total. The summed E-state index contributed by atoms with van der Waals surface area (Å²) in [5.41, 5.74) is 2.35. The van der Waals surface area contributed by atoms with Gasteiger partial charge in [-0.2, -0.15) is 0 Å². The van der Waals surface area contributed by atoms with Gasteiger partial charge in [-0.1, -0.05) is 45.0 Å². The van der Waals surface area contributed by atoms with Gasteiger partial charge in [0.25, 0.3) is 11.8 Å². The molecule has 0 N–H and O–H groups in total. The predicted molar refractivity (Wildman–Crippen MR) is 97.1 cm³/mol. The standard InChI is InChI=1S/C21H23NO3/c1-21(2,3)15-9-11-16(12-10-15)25-14-6-13-22-19(23)17-7-4-5-8-18(17)20(22)24/h4-5,7-12H,6,13-14H2,1-3H3. The van der Waals surface area contributed by atoms with Crippen molar-refractivity contribution in [2.24, 2.45) is 0 Å². The molecule has 2 aromatic carbocycles. The minimum absolute atomic E-state index is 0.115. The molecule has 2 amide bonds. The molecule has 3 rings (SSSR count). The maximum absolute atomic E-state index is 12.3. The number of imide groups is 1. The number of carbonyl (C=O) groups excluding carboxylic acids is 2. The van der Waals surface area contributed by atoms with Crippen LogP contribution in [0.2, 0.25) is 0 Å². The zero-order chi connectivity index (χ0) is 18.0. The van der Waals surface area contributed by atoms with E-state index in [1.807, 2.05) is 12.1 Å². The second-order valence-corrected chi connectivity index (χ2v) is 7.28. The van der Waals surface area contributed by atoms with E-state index < -0.39 is 0 Å². The van der Waals surface area contributed by atoms with Gasteiger partial charge in [-0.15, -0.1) is 0 Å². The summed E-state index contributed by atoms with van der Waals surface area (Å²) in [4.78, 5) is 25.8. The molecule has 0 fully saturated rings. The molecule has 0 spiro atoms. The van der Waals surface area contributed by atoms with E-state index >= 15 is 0 Å². The predicted octanol–water partition coefficient (Wildman–Crippen LogP) is 4.05. The number of rotatable bonds is 5. The number of ether oxygens (including phenoxy) is 1. The summed E-state index contributed by atoms with van der Waals surface area (Å²) in [6.45, 7) is 7.34. The highest BCUT2D eigenvalue weighted by atomic mass is 16.5. The Labute approximate surface area is 148 Å². The second-order valence-electron chi connectivity index (χ2n) is 7.28. The van der Waals surface area contributed by atoms with Gasteiger partial charge in [-0.05, 0) is 41.7 Å². The molecule has 1 aliphatic heterocycles. The van der Waals surface area contributed by atoms with E-state index in [-0.39, 0.29) is 17.2 Å². The lowest BCUT2D eigenvalue weighted by atomic mass is 9.87. The molecule has 0 bridgehead atoms. The third-order valence-electron chi connectivity index (χ3n) is 4.39. The molecule has 25 heavy (non-hydrogen) atoms. The van der Waals surface area contributed by atoms with Crippen molar-refractivity contribution in [3.63, 3.8) is 0 Å². The van der Waals surface area contributed by atoms with Crippen LogP contribution in [0.25, 0.3) is 0 Å². The van der Waals surface area contributed by atoms with Gasteiger partial charge in [0.15, 0.2) is 0 Å². The van der Waals surface area contributed by atoms with Crippen molar-refractivity contribution in [2.45, 2.75) is 32.6 Å². The van der Waals surface area contributed by atoms with Crippen LogP contribution < -0.4 is 4.74 Å². The molecule has 0 atom stereocenters. The van der Waals surface area contributed by atoms with Gasteiger partial charge in [0.05, 0.1) is 17.7 Å². The Morgan fingerprint density at radius 3 is 1.96 bits per heavy atom. The Morgan fingerprint density at radius 1 is 0.880 bits per heavy atom. The van der Waals surface area contributed by atoms with Crippen LogP contribution >= 0.6 is 0 Å². The molecule has 0 unspecified atom stereocenters. The molecule has 1 heterocycles. The van der Waals surface area contributed by atoms with Gasteiger partial charge in [0.1, 0.15) is 5.75 Å². The molecule has 0 saturated carbocycles. The third kappa shape index (κ3) is 3.58. The van der Waals surface area contributed by atoms with Crippen molar-refractivity contribution in [1.29, 1.82) is 0 Å². The summed E-state index contributed by atoms with van der Waals surface area (Å²) < 4.78 is 5.73. The lowest BCUT2D eigenvalue weighted by Gasteiger charge is -2.19. The first kappa shape index (κ1) is 17.2. The van der Waals surface area contributed by atoms with E-state index in [2.05, 4.69) is 32.9 Å². The third-order valence-corrected chi connectivity index (χ3v) is 4.39. The van der Waals surface area contributed by atoms with E-state index in [0.717, 1.165) is 5.75 Å². The maximum atomic E-state index is 12.3. The van der Waals surface area contributed by atoms with Gasteiger partial charge < -0.3 is 4.74 Å². The first-order chi connectivity index (χ1) is 11.9. The quantitative estimate of drug-likeness (QED) is 0.611. The maximum Gasteiger partial charge on any atom is 0.261 e. The number of amides is 2. The fraction of sp³-hybridized carbons (Fsp3) is 0.333. The Hall–Kier alpha value is -2.62. The van der Waals surface area contributed by atoms with Crippen molar-refractivity contribution in [1.82, 2.24) is 4.90 Å². The summed E-state index contributed by atoms with van der Waals surface area (Å²) in [5, 5.41) is 0. The smallest absolute Gasteiger partial charge is 0.261 e. The molecule has 0 aromatic heterocycles. The minimum Gasteiger partial charge on any atom is -0.494 e. The van der Waals surface area contributed by atoms with Crippen molar-refractivity contribution in [3.8, 4) is 5.75 Å². The Balaban J connectivity index is 1.51. The number of fused-ring (bicyclic) bond motifs is 1. The minimum atomic E-state index is -0.213. The highest BCUT2D eigenvalue weighted by molar-refractivity contribution is 6.21. The van der Waals surface area contributed by atoms with Gasteiger partial charge >= 0.3 is 0 Å². The number of hydrogen-bond donors (Lipinski definition) is 0. The Morgan fingerprint density at radius 2 is 1.44 bits per heavy atom. The van der Waals surface area contributed by atoms with E-state index in [1.54, 1.807) is 24.3 Å². The fourth-order valence-corrected chi connectivity index (χ4v) is 2.91. The Kier molecular flexibility index (Phi) is 4.62. The highest BCUT2D eigenvalue weighted by Crippen LogP contribution is 2.25. The van der Waals surface area contributed by atoms with Crippen LogP contribution in [0.4, 0.5) is 0 Å².